The summed E-state index contributed by atoms with van der Waals surface area (Å²) in [6, 6.07) is 6.52. The van der Waals surface area contributed by atoms with Crippen molar-refractivity contribution in [1.82, 2.24) is 4.72 Å². The molecule has 6 nitrogen and oxygen atoms in total. The highest BCUT2D eigenvalue weighted by molar-refractivity contribution is 7.89. The molecule has 0 heterocycles. The van der Waals surface area contributed by atoms with Crippen LogP contribution in [-0.4, -0.2) is 37.2 Å². The fraction of sp³-hybridized carbons (Fsp3) is 0.500. The molecule has 0 aromatic heterocycles. The molecule has 0 amide bonds. The lowest BCUT2D eigenvalue weighted by Crippen LogP contribution is -2.30. The summed E-state index contributed by atoms with van der Waals surface area (Å²) in [5.41, 5.74) is 0.948. The van der Waals surface area contributed by atoms with E-state index in [2.05, 4.69) is 4.72 Å². The van der Waals surface area contributed by atoms with Crippen LogP contribution in [0.5, 0.6) is 0 Å². The third kappa shape index (κ3) is 5.11. The Kier molecular flexibility index (Phi) is 5.49. The molecule has 0 fully saturated rings. The minimum Gasteiger partial charge on any atom is -0.479 e. The maximum Gasteiger partial charge on any atom is 0.332 e. The van der Waals surface area contributed by atoms with Crippen LogP contribution >= 0.6 is 0 Å². The molecule has 0 aliphatic carbocycles. The Morgan fingerprint density at radius 3 is 2.19 bits per heavy atom. The molecule has 3 N–H and O–H groups in total. The molecule has 0 unspecified atom stereocenters. The van der Waals surface area contributed by atoms with Crippen LogP contribution in [0.2, 0.25) is 0 Å². The Morgan fingerprint density at radius 1 is 1.24 bits per heavy atom. The molecule has 7 heteroatoms. The molecule has 0 saturated heterocycles. The average molecular weight is 315 g/mol. The molecule has 0 aliphatic rings. The number of rotatable bonds is 6. The summed E-state index contributed by atoms with van der Waals surface area (Å²) < 4.78 is 26.3. The highest BCUT2D eigenvalue weighted by Gasteiger charge is 2.19. The molecule has 1 aromatic carbocycles. The fourth-order valence-electron chi connectivity index (χ4n) is 1.67. The van der Waals surface area contributed by atoms with E-state index in [1.165, 1.54) is 12.1 Å². The van der Waals surface area contributed by atoms with Crippen LogP contribution in [0.4, 0.5) is 0 Å². The van der Waals surface area contributed by atoms with Gasteiger partial charge in [-0.25, -0.2) is 17.9 Å². The van der Waals surface area contributed by atoms with Gasteiger partial charge in [0.25, 0.3) is 0 Å². The van der Waals surface area contributed by atoms with Crippen molar-refractivity contribution in [2.24, 2.45) is 0 Å². The number of nitrogens with one attached hydrogen (secondary N) is 1. The molecule has 1 atom stereocenters. The lowest BCUT2D eigenvalue weighted by molar-refractivity contribution is -0.146. The van der Waals surface area contributed by atoms with Crippen LogP contribution in [-0.2, 0) is 20.2 Å². The van der Waals surface area contributed by atoms with Gasteiger partial charge >= 0.3 is 5.97 Å². The number of aliphatic hydroxyl groups is 1. The van der Waals surface area contributed by atoms with Crippen LogP contribution in [0.3, 0.4) is 0 Å². The highest BCUT2D eigenvalue weighted by atomic mass is 32.2. The smallest absolute Gasteiger partial charge is 0.332 e. The number of carboxylic acid groups (broad SMARTS) is 1. The van der Waals surface area contributed by atoms with Crippen molar-refractivity contribution < 1.29 is 23.4 Å². The van der Waals surface area contributed by atoms with E-state index in [4.69, 9.17) is 10.2 Å². The maximum atomic E-state index is 12.0. The summed E-state index contributed by atoms with van der Waals surface area (Å²) in [4.78, 5) is 10.5. The number of hydrogen-bond donors (Lipinski definition) is 3. The van der Waals surface area contributed by atoms with E-state index >= 15 is 0 Å². The van der Waals surface area contributed by atoms with Gasteiger partial charge in [0.2, 0.25) is 10.0 Å². The predicted molar refractivity (Wildman–Crippen MR) is 78.6 cm³/mol. The summed E-state index contributed by atoms with van der Waals surface area (Å²) in [5.74, 6) is -1.37. The van der Waals surface area contributed by atoms with Gasteiger partial charge in [-0.05, 0) is 29.5 Å². The predicted octanol–water partition coefficient (Wildman–Crippen LogP) is 1.10. The van der Waals surface area contributed by atoms with Gasteiger partial charge in [0.15, 0.2) is 6.10 Å². The molecule has 1 aromatic rings. The van der Waals surface area contributed by atoms with Gasteiger partial charge in [-0.2, -0.15) is 0 Å². The summed E-state index contributed by atoms with van der Waals surface area (Å²) >= 11 is 0. The van der Waals surface area contributed by atoms with Gasteiger partial charge in [0.05, 0.1) is 4.90 Å². The second-order valence-electron chi connectivity index (χ2n) is 5.81. The van der Waals surface area contributed by atoms with E-state index in [-0.39, 0.29) is 23.3 Å². The number of benzene rings is 1. The largest absolute Gasteiger partial charge is 0.479 e. The molecule has 0 aliphatic heterocycles. The zero-order valence-electron chi connectivity index (χ0n) is 12.3. The van der Waals surface area contributed by atoms with Gasteiger partial charge in [-0.3, -0.25) is 0 Å². The lowest BCUT2D eigenvalue weighted by atomic mass is 9.87. The van der Waals surface area contributed by atoms with Gasteiger partial charge in [0, 0.05) is 6.54 Å². The van der Waals surface area contributed by atoms with Gasteiger partial charge in [-0.15, -0.1) is 0 Å². The van der Waals surface area contributed by atoms with Crippen LogP contribution in [0.25, 0.3) is 0 Å². The minimum absolute atomic E-state index is 0.0681. The summed E-state index contributed by atoms with van der Waals surface area (Å²) in [6.07, 6.45) is -1.76. The van der Waals surface area contributed by atoms with Gasteiger partial charge in [0.1, 0.15) is 0 Å². The number of carbonyl (C=O) groups is 1. The van der Waals surface area contributed by atoms with Crippen LogP contribution in [0.15, 0.2) is 29.2 Å². The summed E-state index contributed by atoms with van der Waals surface area (Å²) in [5, 5.41) is 17.6. The Balaban J connectivity index is 2.73. The molecule has 0 radical (unpaired) electrons. The zero-order chi connectivity index (χ0) is 16.3. The van der Waals surface area contributed by atoms with Crippen molar-refractivity contribution >= 4 is 16.0 Å². The molecule has 1 rings (SSSR count). The Labute approximate surface area is 124 Å². The van der Waals surface area contributed by atoms with E-state index in [0.29, 0.717) is 0 Å². The second kappa shape index (κ2) is 6.55. The first-order valence-electron chi connectivity index (χ1n) is 6.55. The van der Waals surface area contributed by atoms with Crippen molar-refractivity contribution in [2.45, 2.75) is 43.6 Å². The van der Waals surface area contributed by atoms with Crippen molar-refractivity contribution in [1.29, 1.82) is 0 Å². The monoisotopic (exact) mass is 315 g/mol. The SMILES string of the molecule is CC(C)(C)c1ccc(S(=O)(=O)NCC[C@H](O)C(=O)O)cc1. The molecular weight excluding hydrogens is 294 g/mol. The molecule has 0 spiro atoms. The number of aliphatic carboxylic acids is 1. The normalized spacial score (nSPS) is 13.9. The van der Waals surface area contributed by atoms with Crippen LogP contribution in [0, 0.1) is 0 Å². The van der Waals surface area contributed by atoms with E-state index in [9.17, 15) is 13.2 Å². The van der Waals surface area contributed by atoms with Crippen LogP contribution < -0.4 is 4.72 Å². The number of hydrogen-bond acceptors (Lipinski definition) is 4. The standard InChI is InChI=1S/C14H21NO5S/c1-14(2,3)10-4-6-11(7-5-10)21(19,20)15-9-8-12(16)13(17)18/h4-7,12,15-16H,8-9H2,1-3H3,(H,17,18)/t12-/m0/s1. The second-order valence-corrected chi connectivity index (χ2v) is 7.58. The van der Waals surface area contributed by atoms with E-state index in [1.54, 1.807) is 12.1 Å². The van der Waals surface area contributed by atoms with Gasteiger partial charge < -0.3 is 10.2 Å². The average Bonchev–Trinajstić information content (AvgIpc) is 2.37. The summed E-state index contributed by atoms with van der Waals surface area (Å²) in [7, 11) is -3.70. The topological polar surface area (TPSA) is 104 Å². The third-order valence-corrected chi connectivity index (χ3v) is 4.50. The van der Waals surface area contributed by atoms with E-state index in [0.717, 1.165) is 5.56 Å². The Morgan fingerprint density at radius 2 is 1.76 bits per heavy atom. The number of carboxylic acids is 1. The minimum atomic E-state index is -3.70. The first-order valence-corrected chi connectivity index (χ1v) is 8.03. The van der Waals surface area contributed by atoms with Crippen LogP contribution in [0.1, 0.15) is 32.8 Å². The molecular formula is C14H21NO5S. The van der Waals surface area contributed by atoms with Crippen molar-refractivity contribution in [3.05, 3.63) is 29.8 Å². The number of sulfonamides is 1. The first kappa shape index (κ1) is 17.6. The molecule has 118 valence electrons. The Hall–Kier alpha value is -1.44. The maximum absolute atomic E-state index is 12.0. The van der Waals surface area contributed by atoms with Crippen molar-refractivity contribution in [3.8, 4) is 0 Å². The third-order valence-electron chi connectivity index (χ3n) is 3.03. The van der Waals surface area contributed by atoms with E-state index in [1.807, 2.05) is 20.8 Å². The van der Waals surface area contributed by atoms with E-state index < -0.39 is 22.1 Å². The zero-order valence-corrected chi connectivity index (χ0v) is 13.1. The fourth-order valence-corrected chi connectivity index (χ4v) is 2.72. The molecule has 21 heavy (non-hydrogen) atoms. The lowest BCUT2D eigenvalue weighted by Gasteiger charge is -2.19. The molecule has 0 saturated carbocycles. The van der Waals surface area contributed by atoms with Gasteiger partial charge in [-0.1, -0.05) is 32.9 Å². The summed E-state index contributed by atoms with van der Waals surface area (Å²) in [6.45, 7) is 5.95. The number of aliphatic hydroxyl groups excluding tert-OH is 1. The Bertz CT molecular complexity index is 587. The van der Waals surface area contributed by atoms with Crippen molar-refractivity contribution in [3.63, 3.8) is 0 Å². The highest BCUT2D eigenvalue weighted by Crippen LogP contribution is 2.23. The molecule has 0 bridgehead atoms. The quantitative estimate of drug-likeness (QED) is 0.729. The first-order chi connectivity index (χ1) is 9.54. The van der Waals surface area contributed by atoms with Crippen molar-refractivity contribution in [2.75, 3.05) is 6.54 Å².